The van der Waals surface area contributed by atoms with Gasteiger partial charge in [-0.25, -0.2) is 8.78 Å². The molecular formula is C28H37F2N3O3. The number of ether oxygens (including phenoxy) is 1. The number of aromatic nitrogens is 1. The van der Waals surface area contributed by atoms with Crippen molar-refractivity contribution in [1.82, 2.24) is 10.3 Å². The fourth-order valence-electron chi connectivity index (χ4n) is 5.28. The normalized spacial score (nSPS) is 17.9. The number of pyridine rings is 1. The van der Waals surface area contributed by atoms with Crippen molar-refractivity contribution in [2.45, 2.75) is 97.3 Å². The molecule has 2 aliphatic carbocycles. The van der Waals surface area contributed by atoms with E-state index < -0.39 is 5.92 Å². The van der Waals surface area contributed by atoms with Crippen LogP contribution in [0.5, 0.6) is 5.75 Å². The summed E-state index contributed by atoms with van der Waals surface area (Å²) in [5, 5.41) is 2.91. The molecule has 8 heteroatoms. The van der Waals surface area contributed by atoms with Crippen LogP contribution in [0, 0.1) is 20.8 Å². The second-order valence-electron chi connectivity index (χ2n) is 10.3. The van der Waals surface area contributed by atoms with E-state index in [1.165, 1.54) is 0 Å². The number of carbonyl (C=O) groups is 1. The molecule has 6 nitrogen and oxygen atoms in total. The molecule has 2 saturated carbocycles. The summed E-state index contributed by atoms with van der Waals surface area (Å²) >= 11 is 0. The molecule has 1 heterocycles. The van der Waals surface area contributed by atoms with Gasteiger partial charge < -0.3 is 19.9 Å². The lowest BCUT2D eigenvalue weighted by atomic mass is 9.90. The van der Waals surface area contributed by atoms with Crippen molar-refractivity contribution in [3.05, 3.63) is 56.5 Å². The van der Waals surface area contributed by atoms with E-state index in [4.69, 9.17) is 4.74 Å². The van der Waals surface area contributed by atoms with E-state index in [0.29, 0.717) is 36.3 Å². The lowest BCUT2D eigenvalue weighted by molar-refractivity contribution is -0.0380. The first-order valence-electron chi connectivity index (χ1n) is 13.0. The fraction of sp³-hybridized carbons (Fsp3) is 0.571. The first kappa shape index (κ1) is 26.2. The molecule has 36 heavy (non-hydrogen) atoms. The molecule has 1 amide bonds. The first-order chi connectivity index (χ1) is 17.1. The highest BCUT2D eigenvalue weighted by atomic mass is 19.3. The number of amides is 1. The smallest absolute Gasteiger partial charge is 0.253 e. The number of aromatic amines is 1. The number of aryl methyl sites for hydroxylation is 2. The summed E-state index contributed by atoms with van der Waals surface area (Å²) in [5.41, 5.74) is 4.01. The minimum absolute atomic E-state index is 0.0167. The van der Waals surface area contributed by atoms with Crippen LogP contribution in [-0.2, 0) is 6.54 Å². The Morgan fingerprint density at radius 3 is 2.42 bits per heavy atom. The predicted molar refractivity (Wildman–Crippen MR) is 137 cm³/mol. The maximum atomic E-state index is 13.8. The van der Waals surface area contributed by atoms with Gasteiger partial charge in [-0.05, 0) is 83.1 Å². The summed E-state index contributed by atoms with van der Waals surface area (Å²) in [6.07, 6.45) is 3.79. The van der Waals surface area contributed by atoms with E-state index in [9.17, 15) is 18.4 Å². The minimum Gasteiger partial charge on any atom is -0.490 e. The van der Waals surface area contributed by atoms with Gasteiger partial charge in [0.25, 0.3) is 11.5 Å². The van der Waals surface area contributed by atoms with Gasteiger partial charge in [0, 0.05) is 60.5 Å². The Hall–Kier alpha value is -2.90. The van der Waals surface area contributed by atoms with Crippen LogP contribution in [0.3, 0.4) is 0 Å². The second kappa shape index (κ2) is 10.6. The molecule has 2 aromatic rings. The standard InChI is InChI=1S/C28H37F2N3O3/c1-5-33(20-9-11-28(29,30)12-10-20)25-15-22(36-21-7-6-8-21)14-23(19(25)4)26(34)31-16-24-17(2)13-18(3)32-27(24)35/h13-15,20-21H,5-12,16H2,1-4H3,(H,31,34)(H,32,35). The third-order valence-corrected chi connectivity index (χ3v) is 7.65. The molecule has 0 spiro atoms. The van der Waals surface area contributed by atoms with Crippen molar-refractivity contribution < 1.29 is 18.3 Å². The van der Waals surface area contributed by atoms with Crippen molar-refractivity contribution in [2.24, 2.45) is 0 Å². The maximum absolute atomic E-state index is 13.8. The van der Waals surface area contributed by atoms with Crippen molar-refractivity contribution in [3.8, 4) is 5.75 Å². The Morgan fingerprint density at radius 2 is 1.83 bits per heavy atom. The molecule has 0 radical (unpaired) electrons. The number of alkyl halides is 2. The van der Waals surface area contributed by atoms with Crippen molar-refractivity contribution in [1.29, 1.82) is 0 Å². The predicted octanol–water partition coefficient (Wildman–Crippen LogP) is 5.57. The van der Waals surface area contributed by atoms with Gasteiger partial charge in [0.05, 0.1) is 6.10 Å². The Kier molecular flexibility index (Phi) is 7.71. The van der Waals surface area contributed by atoms with Crippen molar-refractivity contribution in [2.75, 3.05) is 11.4 Å². The number of nitrogens with one attached hydrogen (secondary N) is 2. The summed E-state index contributed by atoms with van der Waals surface area (Å²) in [6.45, 7) is 8.33. The molecule has 0 aliphatic heterocycles. The lowest BCUT2D eigenvalue weighted by Crippen LogP contribution is -2.41. The number of hydrogen-bond acceptors (Lipinski definition) is 4. The monoisotopic (exact) mass is 501 g/mol. The molecule has 2 fully saturated rings. The Bertz CT molecular complexity index is 1160. The van der Waals surface area contributed by atoms with Gasteiger partial charge in [0.2, 0.25) is 5.92 Å². The SMILES string of the molecule is CCN(c1cc(OC2CCC2)cc(C(=O)NCc2c(C)cc(C)[nH]c2=O)c1C)C1CCC(F)(F)CC1. The average molecular weight is 502 g/mol. The van der Waals surface area contributed by atoms with Gasteiger partial charge >= 0.3 is 0 Å². The number of rotatable bonds is 8. The summed E-state index contributed by atoms with van der Waals surface area (Å²) in [6, 6.07) is 5.58. The number of halogens is 2. The largest absolute Gasteiger partial charge is 0.490 e. The van der Waals surface area contributed by atoms with Gasteiger partial charge in [0.15, 0.2) is 0 Å². The Morgan fingerprint density at radius 1 is 1.14 bits per heavy atom. The number of nitrogens with zero attached hydrogens (tertiary/aromatic N) is 1. The third kappa shape index (κ3) is 5.73. The Balaban J connectivity index is 1.62. The van der Waals surface area contributed by atoms with E-state index in [1.54, 1.807) is 6.07 Å². The van der Waals surface area contributed by atoms with Gasteiger partial charge in [-0.15, -0.1) is 0 Å². The highest BCUT2D eigenvalue weighted by Crippen LogP contribution is 2.39. The highest BCUT2D eigenvalue weighted by molar-refractivity contribution is 5.97. The molecule has 196 valence electrons. The van der Waals surface area contributed by atoms with E-state index in [1.807, 2.05) is 39.8 Å². The number of carbonyl (C=O) groups excluding carboxylic acids is 1. The number of H-pyrrole nitrogens is 1. The number of hydrogen-bond donors (Lipinski definition) is 2. The number of anilines is 1. The molecule has 0 bridgehead atoms. The summed E-state index contributed by atoms with van der Waals surface area (Å²) in [5.74, 6) is -2.27. The van der Waals surface area contributed by atoms with E-state index >= 15 is 0 Å². The van der Waals surface area contributed by atoms with E-state index in [0.717, 1.165) is 41.8 Å². The molecule has 2 N–H and O–H groups in total. The lowest BCUT2D eigenvalue weighted by Gasteiger charge is -2.39. The van der Waals surface area contributed by atoms with Crippen LogP contribution in [-0.4, -0.2) is 35.5 Å². The van der Waals surface area contributed by atoms with Crippen LogP contribution in [0.25, 0.3) is 0 Å². The van der Waals surface area contributed by atoms with Crippen molar-refractivity contribution in [3.63, 3.8) is 0 Å². The van der Waals surface area contributed by atoms with Gasteiger partial charge in [0.1, 0.15) is 5.75 Å². The average Bonchev–Trinajstić information content (AvgIpc) is 2.78. The first-order valence-corrected chi connectivity index (χ1v) is 13.0. The zero-order chi connectivity index (χ0) is 26.0. The fourth-order valence-corrected chi connectivity index (χ4v) is 5.28. The van der Waals surface area contributed by atoms with E-state index in [-0.39, 0.29) is 43.0 Å². The second-order valence-corrected chi connectivity index (χ2v) is 10.3. The molecular weight excluding hydrogens is 464 g/mol. The van der Waals surface area contributed by atoms with Crippen LogP contribution in [0.15, 0.2) is 23.0 Å². The van der Waals surface area contributed by atoms with Gasteiger partial charge in [-0.2, -0.15) is 0 Å². The summed E-state index contributed by atoms with van der Waals surface area (Å²) in [4.78, 5) is 30.7. The molecule has 0 atom stereocenters. The molecule has 0 unspecified atom stereocenters. The Labute approximate surface area is 211 Å². The summed E-state index contributed by atoms with van der Waals surface area (Å²) in [7, 11) is 0. The van der Waals surface area contributed by atoms with E-state index in [2.05, 4.69) is 15.2 Å². The quantitative estimate of drug-likeness (QED) is 0.496. The van der Waals surface area contributed by atoms with Crippen molar-refractivity contribution >= 4 is 11.6 Å². The highest BCUT2D eigenvalue weighted by Gasteiger charge is 2.37. The van der Waals surface area contributed by atoms with Crippen LogP contribution in [0.4, 0.5) is 14.5 Å². The van der Waals surface area contributed by atoms with Crippen LogP contribution in [0.2, 0.25) is 0 Å². The molecule has 0 saturated heterocycles. The third-order valence-electron chi connectivity index (χ3n) is 7.65. The molecule has 2 aliphatic rings. The molecule has 4 rings (SSSR count). The molecule has 1 aromatic carbocycles. The minimum atomic E-state index is -2.60. The number of benzene rings is 1. The zero-order valence-corrected chi connectivity index (χ0v) is 21.7. The zero-order valence-electron chi connectivity index (χ0n) is 21.7. The van der Waals surface area contributed by atoms with Crippen LogP contribution in [0.1, 0.15) is 84.6 Å². The molecule has 1 aromatic heterocycles. The van der Waals surface area contributed by atoms with Gasteiger partial charge in [-0.3, -0.25) is 9.59 Å². The topological polar surface area (TPSA) is 74.4 Å². The maximum Gasteiger partial charge on any atom is 0.253 e. The van der Waals surface area contributed by atoms with Crippen LogP contribution >= 0.6 is 0 Å². The summed E-state index contributed by atoms with van der Waals surface area (Å²) < 4.78 is 33.9. The van der Waals surface area contributed by atoms with Gasteiger partial charge in [-0.1, -0.05) is 0 Å². The van der Waals surface area contributed by atoms with Crippen LogP contribution < -0.4 is 20.5 Å².